The third kappa shape index (κ3) is 1.65. The molecular formula is C7H8N6O. The van der Waals surface area contributed by atoms with Gasteiger partial charge in [-0.3, -0.25) is 9.48 Å². The molecule has 14 heavy (non-hydrogen) atoms. The number of aldehydes is 1. The van der Waals surface area contributed by atoms with Crippen LogP contribution in [0.15, 0.2) is 12.4 Å². The third-order valence-corrected chi connectivity index (χ3v) is 1.65. The van der Waals surface area contributed by atoms with Crippen LogP contribution in [0.1, 0.15) is 16.2 Å². The van der Waals surface area contributed by atoms with Crippen LogP contribution < -0.4 is 0 Å². The van der Waals surface area contributed by atoms with Gasteiger partial charge in [0.1, 0.15) is 11.4 Å². The van der Waals surface area contributed by atoms with Crippen molar-refractivity contribution in [3.8, 4) is 0 Å². The molecule has 0 bridgehead atoms. The molecule has 0 spiro atoms. The Kier molecular flexibility index (Phi) is 2.05. The van der Waals surface area contributed by atoms with Gasteiger partial charge in [-0.05, 0) is 0 Å². The van der Waals surface area contributed by atoms with E-state index in [9.17, 15) is 4.79 Å². The minimum absolute atomic E-state index is 0.314. The number of hydrogen-bond donors (Lipinski definition) is 0. The Labute approximate surface area is 79.3 Å². The number of carbonyl (C=O) groups excluding carboxylic acids is 1. The molecule has 0 unspecified atom stereocenters. The van der Waals surface area contributed by atoms with Crippen LogP contribution in [0.5, 0.6) is 0 Å². The fourth-order valence-corrected chi connectivity index (χ4v) is 1.08. The maximum Gasteiger partial charge on any atom is 0.171 e. The second-order valence-corrected chi connectivity index (χ2v) is 2.84. The number of aryl methyl sites for hydroxylation is 1. The standard InChI is InChI=1S/C7H8N6O/c1-12-2-6(8-10-12)3-13-4-7(5-14)9-11-13/h2,4-5H,3H2,1H3. The molecule has 2 aromatic rings. The van der Waals surface area contributed by atoms with E-state index in [0.717, 1.165) is 5.69 Å². The monoisotopic (exact) mass is 192 g/mol. The van der Waals surface area contributed by atoms with Crippen LogP contribution in [0.2, 0.25) is 0 Å². The molecular weight excluding hydrogens is 184 g/mol. The van der Waals surface area contributed by atoms with Crippen molar-refractivity contribution in [1.82, 2.24) is 30.0 Å². The lowest BCUT2D eigenvalue weighted by atomic mass is 10.4. The van der Waals surface area contributed by atoms with Crippen molar-refractivity contribution in [3.63, 3.8) is 0 Å². The Morgan fingerprint density at radius 3 is 2.79 bits per heavy atom. The summed E-state index contributed by atoms with van der Waals surface area (Å²) >= 11 is 0. The van der Waals surface area contributed by atoms with Crippen LogP contribution in [-0.2, 0) is 13.6 Å². The molecule has 0 atom stereocenters. The molecule has 0 aliphatic carbocycles. The molecule has 2 rings (SSSR count). The van der Waals surface area contributed by atoms with Crippen molar-refractivity contribution >= 4 is 6.29 Å². The molecule has 0 saturated heterocycles. The highest BCUT2D eigenvalue weighted by atomic mass is 16.1. The van der Waals surface area contributed by atoms with Gasteiger partial charge in [-0.1, -0.05) is 10.4 Å². The summed E-state index contributed by atoms with van der Waals surface area (Å²) in [6, 6.07) is 0. The fourth-order valence-electron chi connectivity index (χ4n) is 1.08. The lowest BCUT2D eigenvalue weighted by Crippen LogP contribution is -2.00. The van der Waals surface area contributed by atoms with Gasteiger partial charge in [-0.2, -0.15) is 0 Å². The van der Waals surface area contributed by atoms with E-state index in [2.05, 4.69) is 20.6 Å². The summed E-state index contributed by atoms with van der Waals surface area (Å²) in [6.07, 6.45) is 3.99. The number of nitrogens with zero attached hydrogens (tertiary/aromatic N) is 6. The minimum atomic E-state index is 0.314. The van der Waals surface area contributed by atoms with Gasteiger partial charge < -0.3 is 0 Å². The van der Waals surface area contributed by atoms with Crippen LogP contribution in [0.3, 0.4) is 0 Å². The van der Waals surface area contributed by atoms with Crippen molar-refractivity contribution < 1.29 is 4.79 Å². The Balaban J connectivity index is 2.14. The van der Waals surface area contributed by atoms with Crippen molar-refractivity contribution in [2.75, 3.05) is 0 Å². The van der Waals surface area contributed by atoms with E-state index >= 15 is 0 Å². The second-order valence-electron chi connectivity index (χ2n) is 2.84. The molecule has 72 valence electrons. The van der Waals surface area contributed by atoms with Gasteiger partial charge in [-0.15, -0.1) is 10.2 Å². The summed E-state index contributed by atoms with van der Waals surface area (Å²) in [4.78, 5) is 10.3. The summed E-state index contributed by atoms with van der Waals surface area (Å²) in [5, 5.41) is 15.0. The first-order valence-electron chi connectivity index (χ1n) is 3.98. The van der Waals surface area contributed by atoms with E-state index < -0.39 is 0 Å². The van der Waals surface area contributed by atoms with Gasteiger partial charge in [0.05, 0.1) is 12.7 Å². The van der Waals surface area contributed by atoms with Crippen molar-refractivity contribution in [2.24, 2.45) is 7.05 Å². The van der Waals surface area contributed by atoms with E-state index in [4.69, 9.17) is 0 Å². The van der Waals surface area contributed by atoms with Crippen LogP contribution in [-0.4, -0.2) is 36.3 Å². The van der Waals surface area contributed by atoms with E-state index in [1.165, 1.54) is 4.68 Å². The van der Waals surface area contributed by atoms with E-state index in [1.807, 2.05) is 0 Å². The first-order valence-corrected chi connectivity index (χ1v) is 3.98. The molecule has 0 aliphatic heterocycles. The Hall–Kier alpha value is -2.05. The minimum Gasteiger partial charge on any atom is -0.296 e. The van der Waals surface area contributed by atoms with Crippen LogP contribution in [0.25, 0.3) is 0 Å². The molecule has 0 aliphatic rings. The van der Waals surface area contributed by atoms with E-state index in [0.29, 0.717) is 18.5 Å². The van der Waals surface area contributed by atoms with E-state index in [1.54, 1.807) is 24.1 Å². The van der Waals surface area contributed by atoms with Crippen LogP contribution in [0, 0.1) is 0 Å². The summed E-state index contributed by atoms with van der Waals surface area (Å²) in [6.45, 7) is 0.467. The van der Waals surface area contributed by atoms with E-state index in [-0.39, 0.29) is 0 Å². The number of rotatable bonds is 3. The Morgan fingerprint density at radius 1 is 1.36 bits per heavy atom. The first-order chi connectivity index (χ1) is 6.78. The molecule has 7 heteroatoms. The van der Waals surface area contributed by atoms with Gasteiger partial charge in [0, 0.05) is 13.2 Å². The third-order valence-electron chi connectivity index (χ3n) is 1.65. The van der Waals surface area contributed by atoms with Crippen LogP contribution >= 0.6 is 0 Å². The highest BCUT2D eigenvalue weighted by Crippen LogP contribution is 1.96. The zero-order chi connectivity index (χ0) is 9.97. The number of carbonyl (C=O) groups is 1. The SMILES string of the molecule is Cn1cc(Cn2cc(C=O)nn2)nn1. The van der Waals surface area contributed by atoms with Gasteiger partial charge in [0.15, 0.2) is 6.29 Å². The maximum absolute atomic E-state index is 10.3. The number of aromatic nitrogens is 6. The highest BCUT2D eigenvalue weighted by Gasteiger charge is 2.02. The summed E-state index contributed by atoms with van der Waals surface area (Å²) in [5.74, 6) is 0. The Bertz CT molecular complexity index is 444. The molecule has 0 N–H and O–H groups in total. The van der Waals surface area contributed by atoms with Crippen molar-refractivity contribution in [1.29, 1.82) is 0 Å². The predicted octanol–water partition coefficient (Wildman–Crippen LogP) is -0.733. The predicted molar refractivity (Wildman–Crippen MR) is 45.5 cm³/mol. The average molecular weight is 192 g/mol. The lowest BCUT2D eigenvalue weighted by Gasteiger charge is -1.92. The molecule has 7 nitrogen and oxygen atoms in total. The summed E-state index contributed by atoms with van der Waals surface area (Å²) in [5.41, 5.74) is 1.09. The molecule has 0 fully saturated rings. The zero-order valence-corrected chi connectivity index (χ0v) is 7.53. The second kappa shape index (κ2) is 3.36. The molecule has 0 radical (unpaired) electrons. The number of hydrogen-bond acceptors (Lipinski definition) is 5. The smallest absolute Gasteiger partial charge is 0.171 e. The van der Waals surface area contributed by atoms with Gasteiger partial charge in [0.2, 0.25) is 0 Å². The highest BCUT2D eigenvalue weighted by molar-refractivity contribution is 5.70. The van der Waals surface area contributed by atoms with Crippen LogP contribution in [0.4, 0.5) is 0 Å². The quantitative estimate of drug-likeness (QED) is 0.599. The summed E-state index contributed by atoms with van der Waals surface area (Å²) < 4.78 is 3.14. The van der Waals surface area contributed by atoms with Gasteiger partial charge in [-0.25, -0.2) is 4.68 Å². The Morgan fingerprint density at radius 2 is 2.21 bits per heavy atom. The zero-order valence-electron chi connectivity index (χ0n) is 7.53. The first kappa shape index (κ1) is 8.54. The van der Waals surface area contributed by atoms with Crippen molar-refractivity contribution in [3.05, 3.63) is 23.8 Å². The normalized spacial score (nSPS) is 10.4. The topological polar surface area (TPSA) is 78.5 Å². The molecule has 2 aromatic heterocycles. The van der Waals surface area contributed by atoms with Crippen molar-refractivity contribution in [2.45, 2.75) is 6.54 Å². The maximum atomic E-state index is 10.3. The molecule has 0 saturated carbocycles. The summed E-state index contributed by atoms with van der Waals surface area (Å²) in [7, 11) is 1.79. The molecule has 2 heterocycles. The van der Waals surface area contributed by atoms with Gasteiger partial charge in [0.25, 0.3) is 0 Å². The largest absolute Gasteiger partial charge is 0.296 e. The molecule has 0 amide bonds. The fraction of sp³-hybridized carbons (Fsp3) is 0.286. The van der Waals surface area contributed by atoms with Gasteiger partial charge >= 0.3 is 0 Å². The molecule has 0 aromatic carbocycles. The average Bonchev–Trinajstić information content (AvgIpc) is 2.76. The lowest BCUT2D eigenvalue weighted by molar-refractivity contribution is 0.111.